The van der Waals surface area contributed by atoms with Crippen LogP contribution < -0.4 is 0 Å². The number of hydrogen-bond donors (Lipinski definition) is 3. The maximum Gasteiger partial charge on any atom is 0.311 e. The van der Waals surface area contributed by atoms with E-state index in [1.165, 1.54) is 5.57 Å². The van der Waals surface area contributed by atoms with Crippen molar-refractivity contribution in [3.8, 4) is 0 Å². The lowest BCUT2D eigenvalue weighted by atomic mass is 9.43. The Kier molecular flexibility index (Phi) is 8.44. The number of fused-ring (bicyclic) bond motifs is 4. The summed E-state index contributed by atoms with van der Waals surface area (Å²) < 4.78 is 11.3. The molecular formula is C35H54O7. The van der Waals surface area contributed by atoms with Gasteiger partial charge in [-0.1, -0.05) is 57.4 Å². The zero-order valence-corrected chi connectivity index (χ0v) is 26.9. The second-order valence-corrected chi connectivity index (χ2v) is 15.7. The van der Waals surface area contributed by atoms with Crippen molar-refractivity contribution in [2.75, 3.05) is 6.61 Å². The highest BCUT2D eigenvalue weighted by Crippen LogP contribution is 2.72. The van der Waals surface area contributed by atoms with Crippen LogP contribution >= 0.6 is 0 Å². The first kappa shape index (κ1) is 31.9. The Hall–Kier alpha value is -1.54. The van der Waals surface area contributed by atoms with E-state index in [1.807, 2.05) is 0 Å². The van der Waals surface area contributed by atoms with Crippen molar-refractivity contribution in [3.63, 3.8) is 0 Å². The monoisotopic (exact) mass is 586 g/mol. The van der Waals surface area contributed by atoms with Crippen LogP contribution in [0.2, 0.25) is 0 Å². The molecule has 0 unspecified atom stereocenters. The lowest BCUT2D eigenvalue weighted by molar-refractivity contribution is -0.265. The number of aliphatic hydroxyl groups is 3. The molecule has 7 nitrogen and oxygen atoms in total. The number of carbonyl (C=O) groups excluding carboxylic acids is 2. The van der Waals surface area contributed by atoms with Crippen LogP contribution in [0, 0.1) is 39.4 Å². The van der Waals surface area contributed by atoms with E-state index in [0.29, 0.717) is 24.5 Å². The average molecular weight is 587 g/mol. The molecule has 7 heteroatoms. The summed E-state index contributed by atoms with van der Waals surface area (Å²) in [4.78, 5) is 26.9. The molecule has 5 rings (SSSR count). The Morgan fingerprint density at radius 2 is 1.69 bits per heavy atom. The minimum Gasteiger partial charge on any atom is -0.433 e. The molecule has 1 heterocycles. The number of hydrogen-bond acceptors (Lipinski definition) is 7. The van der Waals surface area contributed by atoms with Crippen LogP contribution in [0.15, 0.2) is 22.8 Å². The Balaban J connectivity index is 1.45. The van der Waals surface area contributed by atoms with Crippen LogP contribution in [0.1, 0.15) is 113 Å². The van der Waals surface area contributed by atoms with Crippen LogP contribution in [0.4, 0.5) is 0 Å². The predicted octanol–water partition coefficient (Wildman–Crippen LogP) is 5.65. The molecule has 1 aliphatic heterocycles. The van der Waals surface area contributed by atoms with Gasteiger partial charge in [-0.2, -0.15) is 0 Å². The Morgan fingerprint density at radius 3 is 2.38 bits per heavy atom. The minimum atomic E-state index is -1.49. The third kappa shape index (κ3) is 4.85. The van der Waals surface area contributed by atoms with Gasteiger partial charge in [0, 0.05) is 11.8 Å². The van der Waals surface area contributed by atoms with Gasteiger partial charge in [-0.25, -0.2) is 0 Å². The van der Waals surface area contributed by atoms with Crippen LogP contribution in [-0.4, -0.2) is 58.3 Å². The number of aliphatic hydroxyl groups excluding tert-OH is 3. The lowest BCUT2D eigenvalue weighted by Gasteiger charge is -2.60. The van der Waals surface area contributed by atoms with Gasteiger partial charge in [-0.3, -0.25) is 9.59 Å². The van der Waals surface area contributed by atoms with E-state index in [4.69, 9.17) is 9.47 Å². The number of rotatable bonds is 6. The van der Waals surface area contributed by atoms with Crippen molar-refractivity contribution in [2.24, 2.45) is 39.4 Å². The van der Waals surface area contributed by atoms with Gasteiger partial charge < -0.3 is 24.8 Å². The van der Waals surface area contributed by atoms with Crippen LogP contribution in [-0.2, 0) is 19.1 Å². The Labute approximate surface area is 252 Å². The summed E-state index contributed by atoms with van der Waals surface area (Å²) in [6, 6.07) is 0. The number of ether oxygens (including phenoxy) is 2. The van der Waals surface area contributed by atoms with Crippen molar-refractivity contribution >= 4 is 11.8 Å². The topological polar surface area (TPSA) is 113 Å². The molecule has 4 aliphatic carbocycles. The SMILES string of the molecule is CC(C)=CCC[C@@H](C(=O)O[C@@H]1OC[C@@H](O)[C@H](O)[C@H]1O)[C@H]1CC[C@@]2(C)C3=C(CC[C@]12C)[C@@]1(C)CCC(=O)C(C)(C)[C@@H]1CC3. The molecule has 2 saturated carbocycles. The molecular weight excluding hydrogens is 532 g/mol. The van der Waals surface area contributed by atoms with Gasteiger partial charge in [-0.05, 0) is 99.7 Å². The van der Waals surface area contributed by atoms with Crippen molar-refractivity contribution in [1.29, 1.82) is 0 Å². The molecule has 0 bridgehead atoms. The highest BCUT2D eigenvalue weighted by molar-refractivity contribution is 5.85. The van der Waals surface area contributed by atoms with E-state index in [9.17, 15) is 24.9 Å². The lowest BCUT2D eigenvalue weighted by Crippen LogP contribution is -2.55. The van der Waals surface area contributed by atoms with E-state index in [1.54, 1.807) is 11.1 Å². The van der Waals surface area contributed by atoms with Crippen molar-refractivity contribution in [1.82, 2.24) is 0 Å². The quantitative estimate of drug-likeness (QED) is 0.272. The summed E-state index contributed by atoms with van der Waals surface area (Å²) in [5, 5.41) is 30.5. The molecule has 0 spiro atoms. The molecule has 3 N–H and O–H groups in total. The van der Waals surface area contributed by atoms with E-state index in [0.717, 1.165) is 51.4 Å². The summed E-state index contributed by atoms with van der Waals surface area (Å²) in [5.41, 5.74) is 4.05. The summed E-state index contributed by atoms with van der Waals surface area (Å²) in [5.74, 6) is 0.142. The number of allylic oxidation sites excluding steroid dienone is 4. The van der Waals surface area contributed by atoms with Crippen LogP contribution in [0.3, 0.4) is 0 Å². The third-order valence-corrected chi connectivity index (χ3v) is 13.1. The zero-order chi connectivity index (χ0) is 30.8. The Bertz CT molecular complexity index is 1150. The van der Waals surface area contributed by atoms with Crippen molar-refractivity contribution in [2.45, 2.75) is 137 Å². The van der Waals surface area contributed by atoms with E-state index in [-0.39, 0.29) is 46.1 Å². The maximum absolute atomic E-state index is 13.9. The second-order valence-electron chi connectivity index (χ2n) is 15.7. The molecule has 0 radical (unpaired) electrons. The van der Waals surface area contributed by atoms with Crippen molar-refractivity contribution in [3.05, 3.63) is 22.8 Å². The molecule has 42 heavy (non-hydrogen) atoms. The van der Waals surface area contributed by atoms with Gasteiger partial charge in [0.1, 0.15) is 24.1 Å². The van der Waals surface area contributed by atoms with Gasteiger partial charge >= 0.3 is 5.97 Å². The van der Waals surface area contributed by atoms with Gasteiger partial charge in [0.15, 0.2) is 0 Å². The summed E-state index contributed by atoms with van der Waals surface area (Å²) >= 11 is 0. The molecule has 0 aromatic carbocycles. The smallest absolute Gasteiger partial charge is 0.311 e. The fourth-order valence-electron chi connectivity index (χ4n) is 10.3. The average Bonchev–Trinajstić information content (AvgIpc) is 3.20. The molecule has 236 valence electrons. The first-order valence-corrected chi connectivity index (χ1v) is 16.3. The predicted molar refractivity (Wildman–Crippen MR) is 160 cm³/mol. The molecule has 3 fully saturated rings. The van der Waals surface area contributed by atoms with E-state index < -0.39 is 24.6 Å². The molecule has 1 saturated heterocycles. The van der Waals surface area contributed by atoms with E-state index >= 15 is 0 Å². The minimum absolute atomic E-state index is 0.0268. The van der Waals surface area contributed by atoms with Crippen molar-refractivity contribution < 1.29 is 34.4 Å². The molecule has 0 aromatic rings. The summed E-state index contributed by atoms with van der Waals surface area (Å²) in [6.07, 6.45) is 5.79. The van der Waals surface area contributed by atoms with Crippen LogP contribution in [0.25, 0.3) is 0 Å². The number of Topliss-reactive ketones (excluding diaryl/α,β-unsaturated/α-hetero) is 1. The van der Waals surface area contributed by atoms with Gasteiger partial charge in [-0.15, -0.1) is 0 Å². The highest BCUT2D eigenvalue weighted by Gasteiger charge is 2.64. The molecule has 0 amide bonds. The standard InChI is InChI=1S/C35H54O7/c1-20(2)9-8-10-21(30(40)42-31-29(39)28(38)25(36)19-41-31)22-13-17-35(7)24-11-12-26-32(3,4)27(37)15-16-33(26,5)23(24)14-18-34(22,35)6/h9,21-22,25-26,28-29,31,36,38-39H,8,10-19H2,1-7H3/t21-,22-,25-,26+,28+,29-,31+,33-,34-,35+/m1/s1. The maximum atomic E-state index is 13.9. The largest absolute Gasteiger partial charge is 0.433 e. The summed E-state index contributed by atoms with van der Waals surface area (Å²) in [7, 11) is 0. The molecule has 10 atom stereocenters. The molecule has 0 aromatic heterocycles. The first-order valence-electron chi connectivity index (χ1n) is 16.3. The first-order chi connectivity index (χ1) is 19.6. The molecule has 5 aliphatic rings. The second kappa shape index (κ2) is 11.1. The van der Waals surface area contributed by atoms with Gasteiger partial charge in [0.25, 0.3) is 0 Å². The van der Waals surface area contributed by atoms with Crippen LogP contribution in [0.5, 0.6) is 0 Å². The zero-order valence-electron chi connectivity index (χ0n) is 26.9. The third-order valence-electron chi connectivity index (χ3n) is 13.1. The number of esters is 1. The normalized spacial score (nSPS) is 43.6. The highest BCUT2D eigenvalue weighted by atomic mass is 16.7. The fraction of sp³-hybridized carbons (Fsp3) is 0.829. The van der Waals surface area contributed by atoms with Gasteiger partial charge in [0.05, 0.1) is 12.5 Å². The number of ketones is 1. The van der Waals surface area contributed by atoms with E-state index in [2.05, 4.69) is 54.5 Å². The Morgan fingerprint density at radius 1 is 0.976 bits per heavy atom. The summed E-state index contributed by atoms with van der Waals surface area (Å²) in [6.45, 7) is 15.5. The fourth-order valence-corrected chi connectivity index (χ4v) is 10.3. The number of carbonyl (C=O) groups is 2. The van der Waals surface area contributed by atoms with Gasteiger partial charge in [0.2, 0.25) is 6.29 Å².